The van der Waals surface area contributed by atoms with Gasteiger partial charge in [-0.05, 0) is 64.2 Å². The van der Waals surface area contributed by atoms with Gasteiger partial charge in [-0.3, -0.25) is 4.79 Å². The number of imidazole rings is 1. The maximum atomic E-state index is 12.5. The first kappa shape index (κ1) is 25.9. The molecular formula is C27H37N5O4. The number of hydrogen-bond donors (Lipinski definition) is 4. The number of carbonyl (C=O) groups is 1. The van der Waals surface area contributed by atoms with Crippen molar-refractivity contribution in [1.29, 1.82) is 0 Å². The second-order valence-electron chi connectivity index (χ2n) is 10.2. The fraction of sp³-hybridized carbons (Fsp3) is 0.519. The molecule has 2 unspecified atom stereocenters. The Labute approximate surface area is 211 Å². The Bertz CT molecular complexity index is 1220. The average molecular weight is 496 g/mol. The molecule has 2 atom stereocenters. The quantitative estimate of drug-likeness (QED) is 0.357. The van der Waals surface area contributed by atoms with E-state index in [9.17, 15) is 15.0 Å². The third-order valence-electron chi connectivity index (χ3n) is 6.40. The van der Waals surface area contributed by atoms with Crippen LogP contribution >= 0.6 is 0 Å². The van der Waals surface area contributed by atoms with E-state index in [1.807, 2.05) is 32.0 Å². The molecule has 1 saturated carbocycles. The van der Waals surface area contributed by atoms with E-state index in [-0.39, 0.29) is 12.0 Å². The van der Waals surface area contributed by atoms with Crippen molar-refractivity contribution in [2.45, 2.75) is 77.6 Å². The Kier molecular flexibility index (Phi) is 7.80. The van der Waals surface area contributed by atoms with Crippen molar-refractivity contribution in [3.05, 3.63) is 41.6 Å². The van der Waals surface area contributed by atoms with Crippen molar-refractivity contribution in [2.75, 3.05) is 18.4 Å². The van der Waals surface area contributed by atoms with E-state index in [0.29, 0.717) is 42.3 Å². The number of fused-ring (bicyclic) bond motifs is 1. The number of aryl methyl sites for hydroxylation is 1. The van der Waals surface area contributed by atoms with E-state index in [1.165, 1.54) is 0 Å². The van der Waals surface area contributed by atoms with Crippen molar-refractivity contribution in [1.82, 2.24) is 19.9 Å². The number of ether oxygens (including phenoxy) is 1. The fourth-order valence-corrected chi connectivity index (χ4v) is 4.42. The highest BCUT2D eigenvalue weighted by molar-refractivity contribution is 5.96. The van der Waals surface area contributed by atoms with Crippen molar-refractivity contribution in [2.24, 2.45) is 0 Å². The van der Waals surface area contributed by atoms with Crippen LogP contribution in [0.1, 0.15) is 68.8 Å². The van der Waals surface area contributed by atoms with Crippen molar-refractivity contribution in [3.63, 3.8) is 0 Å². The summed E-state index contributed by atoms with van der Waals surface area (Å²) in [6, 6.07) is 7.43. The van der Waals surface area contributed by atoms with Gasteiger partial charge in [-0.15, -0.1) is 5.10 Å². The van der Waals surface area contributed by atoms with Crippen LogP contribution in [0.15, 0.2) is 30.5 Å². The van der Waals surface area contributed by atoms with Crippen molar-refractivity contribution < 1.29 is 19.7 Å². The van der Waals surface area contributed by atoms with Gasteiger partial charge in [0.05, 0.1) is 29.3 Å². The molecule has 1 aromatic carbocycles. The monoisotopic (exact) mass is 495 g/mol. The highest BCUT2D eigenvalue weighted by Crippen LogP contribution is 2.30. The minimum Gasteiger partial charge on any atom is -0.471 e. The van der Waals surface area contributed by atoms with E-state index in [4.69, 9.17) is 9.84 Å². The van der Waals surface area contributed by atoms with E-state index in [0.717, 1.165) is 42.5 Å². The molecule has 36 heavy (non-hydrogen) atoms. The number of aliphatic hydroxyl groups excluding tert-OH is 1. The molecule has 3 aromatic rings. The molecule has 2 aromatic heterocycles. The maximum Gasteiger partial charge on any atom is 0.251 e. The molecule has 0 bridgehead atoms. The maximum absolute atomic E-state index is 12.5. The molecule has 9 heteroatoms. The summed E-state index contributed by atoms with van der Waals surface area (Å²) in [5.41, 5.74) is 3.43. The van der Waals surface area contributed by atoms with Gasteiger partial charge in [0, 0.05) is 30.3 Å². The second kappa shape index (κ2) is 10.8. The third-order valence-corrected chi connectivity index (χ3v) is 6.40. The first-order chi connectivity index (χ1) is 17.2. The third kappa shape index (κ3) is 5.96. The van der Waals surface area contributed by atoms with Gasteiger partial charge in [0.1, 0.15) is 6.10 Å². The summed E-state index contributed by atoms with van der Waals surface area (Å²) in [7, 11) is 0. The number of benzene rings is 1. The molecule has 1 fully saturated rings. The minimum atomic E-state index is -0.929. The summed E-state index contributed by atoms with van der Waals surface area (Å²) >= 11 is 0. The van der Waals surface area contributed by atoms with Crippen LogP contribution in [0, 0.1) is 6.92 Å². The lowest BCUT2D eigenvalue weighted by Crippen LogP contribution is -2.35. The molecule has 0 radical (unpaired) electrons. The number of aliphatic hydroxyl groups is 2. The number of hydrogen-bond acceptors (Lipinski definition) is 7. The molecule has 9 nitrogen and oxygen atoms in total. The number of nitrogens with one attached hydrogen (secondary N) is 2. The van der Waals surface area contributed by atoms with Crippen molar-refractivity contribution in [3.8, 4) is 17.1 Å². The Morgan fingerprint density at radius 2 is 2.03 bits per heavy atom. The highest BCUT2D eigenvalue weighted by Gasteiger charge is 2.26. The summed E-state index contributed by atoms with van der Waals surface area (Å²) in [4.78, 5) is 17.1. The fourth-order valence-electron chi connectivity index (χ4n) is 4.42. The summed E-state index contributed by atoms with van der Waals surface area (Å²) in [6.45, 7) is 8.33. The Balaban J connectivity index is 1.72. The molecule has 1 aliphatic carbocycles. The first-order valence-electron chi connectivity index (χ1n) is 12.8. The van der Waals surface area contributed by atoms with Gasteiger partial charge < -0.3 is 25.6 Å². The van der Waals surface area contributed by atoms with Crippen LogP contribution in [0.5, 0.6) is 5.88 Å². The smallest absolute Gasteiger partial charge is 0.251 e. The molecule has 194 valence electrons. The number of carbonyl (C=O) groups excluding carboxylic acids is 1. The zero-order valence-electron chi connectivity index (χ0n) is 21.5. The lowest BCUT2D eigenvalue weighted by atomic mass is 9.95. The zero-order chi connectivity index (χ0) is 25.9. The lowest BCUT2D eigenvalue weighted by Gasteiger charge is -2.28. The van der Waals surface area contributed by atoms with E-state index in [1.54, 1.807) is 30.6 Å². The number of rotatable bonds is 9. The van der Waals surface area contributed by atoms with Gasteiger partial charge in [0.2, 0.25) is 5.88 Å². The van der Waals surface area contributed by atoms with Crippen LogP contribution in [0.2, 0.25) is 0 Å². The molecule has 1 aliphatic rings. The second-order valence-corrected chi connectivity index (χ2v) is 10.2. The zero-order valence-corrected chi connectivity index (χ0v) is 21.5. The molecule has 4 N–H and O–H groups in total. The minimum absolute atomic E-state index is 0.0861. The summed E-state index contributed by atoms with van der Waals surface area (Å²) in [5, 5.41) is 31.6. The lowest BCUT2D eigenvalue weighted by molar-refractivity contribution is 0.00397. The Hall–Kier alpha value is -3.17. The van der Waals surface area contributed by atoms with E-state index < -0.39 is 11.7 Å². The largest absolute Gasteiger partial charge is 0.471 e. The Morgan fingerprint density at radius 1 is 1.25 bits per heavy atom. The van der Waals surface area contributed by atoms with Crippen LogP contribution in [0.25, 0.3) is 16.9 Å². The van der Waals surface area contributed by atoms with Gasteiger partial charge in [-0.1, -0.05) is 19.4 Å². The predicted molar refractivity (Wildman–Crippen MR) is 139 cm³/mol. The number of anilines is 1. The highest BCUT2D eigenvalue weighted by atomic mass is 16.5. The number of amides is 1. The molecule has 0 saturated heterocycles. The molecule has 1 amide bonds. The number of nitrogens with zero attached hydrogens (tertiary/aromatic N) is 3. The van der Waals surface area contributed by atoms with E-state index in [2.05, 4.69) is 15.6 Å². The topological polar surface area (TPSA) is 121 Å². The average Bonchev–Trinajstić information content (AvgIpc) is 3.26. The molecular weight excluding hydrogens is 458 g/mol. The number of aromatic nitrogens is 3. The van der Waals surface area contributed by atoms with Crippen LogP contribution in [0.3, 0.4) is 0 Å². The van der Waals surface area contributed by atoms with Gasteiger partial charge in [0.15, 0.2) is 5.65 Å². The van der Waals surface area contributed by atoms with Crippen molar-refractivity contribution >= 4 is 17.2 Å². The van der Waals surface area contributed by atoms with Gasteiger partial charge in [-0.25, -0.2) is 9.50 Å². The Morgan fingerprint density at radius 3 is 2.72 bits per heavy atom. The van der Waals surface area contributed by atoms with Gasteiger partial charge in [0.25, 0.3) is 5.91 Å². The summed E-state index contributed by atoms with van der Waals surface area (Å²) in [5.74, 6) is 0.287. The first-order valence-corrected chi connectivity index (χ1v) is 12.8. The summed E-state index contributed by atoms with van der Waals surface area (Å²) < 4.78 is 7.87. The standard InChI is InChI=1S/C27H37N5O4/c1-5-12-28-26(34)19-11-10-18(13-17(19)2)21-15-29-25-20(30-16-27(3,4)35)14-24(31-32(21)25)36-23-9-7-6-8-22(23)33/h10-11,13-15,22-23,30,33,35H,5-9,12,16H2,1-4H3,(H,28,34). The van der Waals surface area contributed by atoms with Gasteiger partial charge in [-0.2, -0.15) is 0 Å². The predicted octanol–water partition coefficient (Wildman–Crippen LogP) is 3.71. The van der Waals surface area contributed by atoms with Gasteiger partial charge >= 0.3 is 0 Å². The summed E-state index contributed by atoms with van der Waals surface area (Å²) in [6.07, 6.45) is 5.24. The van der Waals surface area contributed by atoms with E-state index >= 15 is 0 Å². The van der Waals surface area contributed by atoms with Crippen LogP contribution < -0.4 is 15.4 Å². The molecule has 0 spiro atoms. The SMILES string of the molecule is CCCNC(=O)c1ccc(-c2cnc3c(NCC(C)(C)O)cc(OC4CCCCC4O)nn23)cc1C. The normalized spacial score (nSPS) is 18.3. The van der Waals surface area contributed by atoms with Crippen LogP contribution in [-0.2, 0) is 0 Å². The molecule has 4 rings (SSSR count). The van der Waals surface area contributed by atoms with Crippen LogP contribution in [0.4, 0.5) is 5.69 Å². The van der Waals surface area contributed by atoms with Crippen LogP contribution in [-0.4, -0.2) is 61.6 Å². The molecule has 0 aliphatic heterocycles. The molecule has 2 heterocycles.